The monoisotopic (exact) mass is 469 g/mol. The van der Waals surface area contributed by atoms with Gasteiger partial charge in [-0.1, -0.05) is 6.07 Å². The zero-order valence-corrected chi connectivity index (χ0v) is 16.6. The van der Waals surface area contributed by atoms with Crippen LogP contribution in [0.3, 0.4) is 0 Å². The molecule has 0 unspecified atom stereocenters. The van der Waals surface area contributed by atoms with Crippen LogP contribution in [0.1, 0.15) is 0 Å². The molecule has 2 heterocycles. The van der Waals surface area contributed by atoms with Crippen LogP contribution in [0.4, 0.5) is 23.2 Å². The minimum atomic E-state index is -1.48. The SMILES string of the molecule is Cn1nnn(-c2c(F)ccc([N+](=O)[O-])c2F)c1=O.Cn1nnn(-c2c(F)cccc2F)c1=O. The summed E-state index contributed by atoms with van der Waals surface area (Å²) in [6, 6.07) is 4.63. The van der Waals surface area contributed by atoms with E-state index in [1.807, 2.05) is 0 Å². The van der Waals surface area contributed by atoms with Crippen molar-refractivity contribution in [3.8, 4) is 11.4 Å². The fourth-order valence-electron chi connectivity index (χ4n) is 2.46. The number of aromatic nitrogens is 8. The van der Waals surface area contributed by atoms with Crippen LogP contribution in [-0.4, -0.2) is 44.5 Å². The molecular formula is C16H11F4N9O4. The number of hydrogen-bond acceptors (Lipinski definition) is 8. The molecular weight excluding hydrogens is 458 g/mol. The molecule has 33 heavy (non-hydrogen) atoms. The third-order valence-electron chi connectivity index (χ3n) is 4.05. The highest BCUT2D eigenvalue weighted by atomic mass is 19.1. The van der Waals surface area contributed by atoms with E-state index in [0.717, 1.165) is 21.5 Å². The van der Waals surface area contributed by atoms with Crippen LogP contribution in [0.2, 0.25) is 0 Å². The van der Waals surface area contributed by atoms with Gasteiger partial charge >= 0.3 is 17.1 Å². The van der Waals surface area contributed by atoms with Crippen LogP contribution < -0.4 is 11.4 Å². The van der Waals surface area contributed by atoms with Gasteiger partial charge in [-0.15, -0.1) is 0 Å². The number of aryl methyl sites for hydroxylation is 2. The van der Waals surface area contributed by atoms with E-state index in [0.29, 0.717) is 21.5 Å². The molecule has 0 aliphatic heterocycles. The van der Waals surface area contributed by atoms with Gasteiger partial charge in [-0.3, -0.25) is 10.1 Å². The van der Waals surface area contributed by atoms with Crippen molar-refractivity contribution in [2.24, 2.45) is 14.1 Å². The second-order valence-electron chi connectivity index (χ2n) is 6.15. The van der Waals surface area contributed by atoms with E-state index in [2.05, 4.69) is 20.9 Å². The average molecular weight is 469 g/mol. The number of halogens is 4. The summed E-state index contributed by atoms with van der Waals surface area (Å²) in [5.41, 5.74) is -4.03. The Labute approximate surface area is 178 Å². The molecule has 0 aliphatic carbocycles. The first-order chi connectivity index (χ1) is 15.5. The van der Waals surface area contributed by atoms with Gasteiger partial charge in [-0.2, -0.15) is 23.1 Å². The van der Waals surface area contributed by atoms with Crippen LogP contribution in [0.15, 0.2) is 39.9 Å². The lowest BCUT2D eigenvalue weighted by atomic mass is 10.2. The van der Waals surface area contributed by atoms with Gasteiger partial charge in [-0.05, 0) is 39.1 Å². The molecule has 4 rings (SSSR count). The van der Waals surface area contributed by atoms with Crippen molar-refractivity contribution in [1.29, 1.82) is 0 Å². The zero-order valence-electron chi connectivity index (χ0n) is 16.6. The topological polar surface area (TPSA) is 149 Å². The highest BCUT2D eigenvalue weighted by molar-refractivity contribution is 5.45. The molecule has 0 amide bonds. The van der Waals surface area contributed by atoms with E-state index in [4.69, 9.17) is 0 Å². The molecule has 0 fully saturated rings. The molecule has 0 aliphatic rings. The number of hydrogen-bond donors (Lipinski definition) is 0. The van der Waals surface area contributed by atoms with Crippen LogP contribution >= 0.6 is 0 Å². The third kappa shape index (κ3) is 4.23. The smallest absolute Gasteiger partial charge is 0.258 e. The minimum absolute atomic E-state index is 0.317. The Balaban J connectivity index is 0.000000189. The Morgan fingerprint density at radius 1 is 0.758 bits per heavy atom. The predicted molar refractivity (Wildman–Crippen MR) is 99.7 cm³/mol. The first-order valence-electron chi connectivity index (χ1n) is 8.59. The van der Waals surface area contributed by atoms with Gasteiger partial charge in [0.1, 0.15) is 5.69 Å². The number of tetrazole rings is 2. The quantitative estimate of drug-likeness (QED) is 0.238. The molecule has 17 heteroatoms. The van der Waals surface area contributed by atoms with Crippen molar-refractivity contribution >= 4 is 5.69 Å². The van der Waals surface area contributed by atoms with Crippen LogP contribution in [-0.2, 0) is 14.1 Å². The van der Waals surface area contributed by atoms with Crippen molar-refractivity contribution in [1.82, 2.24) is 39.6 Å². The maximum absolute atomic E-state index is 13.7. The second-order valence-corrected chi connectivity index (χ2v) is 6.15. The highest BCUT2D eigenvalue weighted by Gasteiger charge is 2.25. The van der Waals surface area contributed by atoms with E-state index in [1.54, 1.807) is 0 Å². The van der Waals surface area contributed by atoms with E-state index < -0.39 is 56.6 Å². The zero-order chi connectivity index (χ0) is 24.4. The number of rotatable bonds is 3. The predicted octanol–water partition coefficient (Wildman–Crippen LogP) is 0.397. The molecule has 2 aromatic carbocycles. The summed E-state index contributed by atoms with van der Waals surface area (Å²) in [5, 5.41) is 23.7. The molecule has 0 saturated heterocycles. The van der Waals surface area contributed by atoms with Gasteiger partial charge in [0.15, 0.2) is 23.1 Å². The number of para-hydroxylation sites is 1. The molecule has 0 spiro atoms. The number of nitrogens with zero attached hydrogens (tertiary/aromatic N) is 9. The average Bonchev–Trinajstić information content (AvgIpc) is 3.25. The Morgan fingerprint density at radius 3 is 1.64 bits per heavy atom. The Kier molecular flexibility index (Phi) is 6.13. The van der Waals surface area contributed by atoms with Crippen molar-refractivity contribution in [2.45, 2.75) is 0 Å². The molecule has 0 radical (unpaired) electrons. The lowest BCUT2D eigenvalue weighted by Gasteiger charge is -2.02. The first-order valence-corrected chi connectivity index (χ1v) is 8.59. The van der Waals surface area contributed by atoms with Gasteiger partial charge < -0.3 is 0 Å². The molecule has 172 valence electrons. The van der Waals surface area contributed by atoms with Crippen molar-refractivity contribution in [3.63, 3.8) is 0 Å². The lowest BCUT2D eigenvalue weighted by molar-refractivity contribution is -0.387. The molecule has 0 N–H and O–H groups in total. The highest BCUT2D eigenvalue weighted by Crippen LogP contribution is 2.24. The van der Waals surface area contributed by atoms with Crippen LogP contribution in [0.25, 0.3) is 11.4 Å². The van der Waals surface area contributed by atoms with Crippen LogP contribution in [0.5, 0.6) is 0 Å². The molecule has 2 aromatic heterocycles. The molecule has 4 aromatic rings. The maximum Gasteiger partial charge on any atom is 0.368 e. The van der Waals surface area contributed by atoms with Gasteiger partial charge in [0.2, 0.25) is 5.82 Å². The largest absolute Gasteiger partial charge is 0.368 e. The standard InChI is InChI=1S/C8H5F2N5O3.C8H6F2N4O/c1-13-8(16)14(12-11-13)7-4(9)2-3-5(6(7)10)15(17)18;1-13-8(15)14(12-11-13)7-5(9)3-2-4-6(7)10/h2-3H,1H3;2-4H,1H3. The van der Waals surface area contributed by atoms with Gasteiger partial charge in [0, 0.05) is 20.2 Å². The minimum Gasteiger partial charge on any atom is -0.258 e. The number of benzene rings is 2. The summed E-state index contributed by atoms with van der Waals surface area (Å²) < 4.78 is 56.2. The van der Waals surface area contributed by atoms with Crippen molar-refractivity contribution in [2.75, 3.05) is 0 Å². The summed E-state index contributed by atoms with van der Waals surface area (Å²) in [6.45, 7) is 0. The van der Waals surface area contributed by atoms with Gasteiger partial charge in [0.05, 0.1) is 4.92 Å². The molecule has 13 nitrogen and oxygen atoms in total. The molecule has 0 atom stereocenters. The Morgan fingerprint density at radius 2 is 1.21 bits per heavy atom. The third-order valence-corrected chi connectivity index (χ3v) is 4.05. The fourth-order valence-corrected chi connectivity index (χ4v) is 2.46. The summed E-state index contributed by atoms with van der Waals surface area (Å²) >= 11 is 0. The van der Waals surface area contributed by atoms with Crippen molar-refractivity contribution < 1.29 is 22.5 Å². The van der Waals surface area contributed by atoms with Crippen LogP contribution in [0, 0.1) is 33.4 Å². The van der Waals surface area contributed by atoms with Crippen molar-refractivity contribution in [3.05, 3.63) is 84.7 Å². The van der Waals surface area contributed by atoms with Gasteiger partial charge in [-0.25, -0.2) is 22.8 Å². The Bertz CT molecular complexity index is 1450. The summed E-state index contributed by atoms with van der Waals surface area (Å²) in [6.07, 6.45) is 0. The lowest BCUT2D eigenvalue weighted by Crippen LogP contribution is -2.23. The number of nitro groups is 1. The summed E-state index contributed by atoms with van der Waals surface area (Å²) in [5.74, 6) is -4.36. The molecule has 0 saturated carbocycles. The maximum atomic E-state index is 13.7. The first kappa shape index (κ1) is 23.0. The Hall–Kier alpha value is -4.70. The summed E-state index contributed by atoms with van der Waals surface area (Å²) in [7, 11) is 2.56. The van der Waals surface area contributed by atoms with Gasteiger partial charge in [0.25, 0.3) is 0 Å². The fraction of sp³-hybridized carbons (Fsp3) is 0.125. The second kappa shape index (κ2) is 8.81. The number of nitro benzene ring substituents is 1. The van der Waals surface area contributed by atoms with E-state index in [-0.39, 0.29) is 0 Å². The summed E-state index contributed by atoms with van der Waals surface area (Å²) in [4.78, 5) is 32.3. The normalized spacial score (nSPS) is 10.6. The molecule has 0 bridgehead atoms. The van der Waals surface area contributed by atoms with E-state index >= 15 is 0 Å². The van der Waals surface area contributed by atoms with E-state index in [9.17, 15) is 37.3 Å². The van der Waals surface area contributed by atoms with E-state index in [1.165, 1.54) is 20.2 Å².